The number of rotatable bonds is 6. The number of pyridine rings is 3. The first-order chi connectivity index (χ1) is 20.4. The summed E-state index contributed by atoms with van der Waals surface area (Å²) in [7, 11) is 1.44. The van der Waals surface area contributed by atoms with Crippen molar-refractivity contribution >= 4 is 39.2 Å². The molecule has 1 unspecified atom stereocenters. The number of nitriles is 1. The minimum atomic E-state index is -0.580. The molecule has 1 atom stereocenters. The number of ether oxygens (including phenoxy) is 1. The highest BCUT2D eigenvalue weighted by Gasteiger charge is 2.24. The van der Waals surface area contributed by atoms with Crippen molar-refractivity contribution in [3.8, 4) is 28.8 Å². The largest absolute Gasteiger partial charge is 0.480 e. The number of para-hydroxylation sites is 1. The summed E-state index contributed by atoms with van der Waals surface area (Å²) in [5.41, 5.74) is 2.25. The Balaban J connectivity index is 1.62. The fourth-order valence-corrected chi connectivity index (χ4v) is 5.52. The molecular weight excluding hydrogens is 554 g/mol. The Morgan fingerprint density at radius 2 is 1.86 bits per heavy atom. The second kappa shape index (κ2) is 10.8. The number of hydrogen-bond acceptors (Lipinski definition) is 8. The number of benzene rings is 2. The Morgan fingerprint density at radius 1 is 1.05 bits per heavy atom. The normalized spacial score (nSPS) is 11.8. The van der Waals surface area contributed by atoms with Crippen molar-refractivity contribution in [1.82, 2.24) is 24.5 Å². The Labute approximate surface area is 243 Å². The zero-order valence-corrected chi connectivity index (χ0v) is 23.2. The summed E-state index contributed by atoms with van der Waals surface area (Å²) in [4.78, 5) is 42.9. The lowest BCUT2D eigenvalue weighted by Crippen LogP contribution is -2.27. The van der Waals surface area contributed by atoms with E-state index in [1.165, 1.54) is 25.7 Å². The molecule has 2 aromatic carbocycles. The van der Waals surface area contributed by atoms with E-state index in [1.54, 1.807) is 35.0 Å². The van der Waals surface area contributed by atoms with Crippen molar-refractivity contribution in [3.63, 3.8) is 0 Å². The molecule has 4 heterocycles. The van der Waals surface area contributed by atoms with Crippen LogP contribution in [-0.4, -0.2) is 31.6 Å². The molecule has 206 valence electrons. The summed E-state index contributed by atoms with van der Waals surface area (Å²) in [5, 5.41) is 14.4. The molecular formula is C31H22ClN7O3. The van der Waals surface area contributed by atoms with Gasteiger partial charge in [-0.1, -0.05) is 48.0 Å². The molecule has 0 aliphatic carbocycles. The summed E-state index contributed by atoms with van der Waals surface area (Å²) in [6, 6.07) is 19.1. The van der Waals surface area contributed by atoms with Gasteiger partial charge >= 0.3 is 0 Å². The first-order valence-corrected chi connectivity index (χ1v) is 13.3. The summed E-state index contributed by atoms with van der Waals surface area (Å²) in [6.07, 6.45) is 4.43. The molecule has 0 radical (unpaired) electrons. The Hall–Kier alpha value is -5.53. The lowest BCUT2D eigenvalue weighted by molar-refractivity contribution is 0.396. The number of aromatic nitrogens is 5. The first-order valence-electron chi connectivity index (χ1n) is 12.9. The van der Waals surface area contributed by atoms with Gasteiger partial charge in [0.15, 0.2) is 5.43 Å². The van der Waals surface area contributed by atoms with Crippen molar-refractivity contribution < 1.29 is 4.74 Å². The van der Waals surface area contributed by atoms with Crippen LogP contribution in [0.2, 0.25) is 5.02 Å². The maximum Gasteiger partial charge on any atom is 0.263 e. The lowest BCUT2D eigenvalue weighted by Gasteiger charge is -2.24. The van der Waals surface area contributed by atoms with E-state index in [0.29, 0.717) is 55.2 Å². The number of H-pyrrole nitrogens is 1. The van der Waals surface area contributed by atoms with Gasteiger partial charge < -0.3 is 15.0 Å². The van der Waals surface area contributed by atoms with Crippen LogP contribution in [-0.2, 0) is 0 Å². The Kier molecular flexibility index (Phi) is 6.86. The maximum absolute atomic E-state index is 14.5. The van der Waals surface area contributed by atoms with Gasteiger partial charge in [0.05, 0.1) is 29.3 Å². The molecule has 4 aromatic heterocycles. The minimum absolute atomic E-state index is 0.194. The Bertz CT molecular complexity index is 2150. The maximum atomic E-state index is 14.5. The fraction of sp³-hybridized carbons (Fsp3) is 0.0968. The molecule has 6 aromatic rings. The molecule has 0 saturated heterocycles. The summed E-state index contributed by atoms with van der Waals surface area (Å²) in [5.74, 6) is 0.499. The number of nitrogens with zero attached hydrogens (tertiary/aromatic N) is 5. The van der Waals surface area contributed by atoms with Gasteiger partial charge in [0, 0.05) is 35.1 Å². The number of aromatic amines is 1. The van der Waals surface area contributed by atoms with Gasteiger partial charge in [-0.05, 0) is 30.7 Å². The quantitative estimate of drug-likeness (QED) is 0.269. The smallest absolute Gasteiger partial charge is 0.263 e. The molecule has 42 heavy (non-hydrogen) atoms. The molecule has 0 spiro atoms. The van der Waals surface area contributed by atoms with Crippen molar-refractivity contribution in [2.24, 2.45) is 0 Å². The molecule has 2 N–H and O–H groups in total. The van der Waals surface area contributed by atoms with Crippen LogP contribution in [0.1, 0.15) is 24.2 Å². The van der Waals surface area contributed by atoms with Crippen LogP contribution in [0.15, 0.2) is 89.0 Å². The third kappa shape index (κ3) is 4.42. The van der Waals surface area contributed by atoms with Crippen molar-refractivity contribution in [2.75, 3.05) is 12.4 Å². The number of anilines is 1. The SMILES string of the molecule is COc1ncc(-c2cccc3c(Cl)c(C(C)Nc4ncnc5[nH]ccc(=O)c45)n(-c4ccccc4)c(=O)c23)cc1C#N. The summed E-state index contributed by atoms with van der Waals surface area (Å²) < 4.78 is 6.76. The van der Waals surface area contributed by atoms with Crippen LogP contribution in [0.3, 0.4) is 0 Å². The molecule has 0 aliphatic rings. The van der Waals surface area contributed by atoms with Crippen LogP contribution < -0.4 is 21.0 Å². The number of methoxy groups -OCH3 is 1. The zero-order chi connectivity index (χ0) is 29.4. The molecule has 0 saturated carbocycles. The highest BCUT2D eigenvalue weighted by Crippen LogP contribution is 2.37. The minimum Gasteiger partial charge on any atom is -0.480 e. The molecule has 0 fully saturated rings. The van der Waals surface area contributed by atoms with E-state index >= 15 is 0 Å². The van der Waals surface area contributed by atoms with Gasteiger partial charge in [-0.2, -0.15) is 5.26 Å². The monoisotopic (exact) mass is 575 g/mol. The van der Waals surface area contributed by atoms with Crippen molar-refractivity contribution in [2.45, 2.75) is 13.0 Å². The second-order valence-corrected chi connectivity index (χ2v) is 9.83. The molecule has 10 nitrogen and oxygen atoms in total. The molecule has 11 heteroatoms. The van der Waals surface area contributed by atoms with Gasteiger partial charge in [-0.15, -0.1) is 0 Å². The van der Waals surface area contributed by atoms with Crippen LogP contribution >= 0.6 is 11.6 Å². The van der Waals surface area contributed by atoms with Crippen LogP contribution in [0.5, 0.6) is 5.88 Å². The van der Waals surface area contributed by atoms with Crippen molar-refractivity contribution in [3.05, 3.63) is 116 Å². The van der Waals surface area contributed by atoms with Gasteiger partial charge in [-0.3, -0.25) is 14.2 Å². The van der Waals surface area contributed by atoms with Gasteiger partial charge in [0.1, 0.15) is 34.8 Å². The standard InChI is InChI=1S/C31H22ClN7O3/c1-17(38-29-25-23(40)11-12-34-28(25)36-16-37-29)27-26(32)22-10-6-9-21(19-13-18(14-33)30(42-2)35-15-19)24(22)31(41)39(27)20-7-4-3-5-8-20/h3-13,15-17H,1-2H3,(H2,34,36,37,38,40). The van der Waals surface area contributed by atoms with E-state index in [0.717, 1.165) is 0 Å². The van der Waals surface area contributed by atoms with Crippen LogP contribution in [0.4, 0.5) is 5.82 Å². The first kappa shape index (κ1) is 26.7. The average Bonchev–Trinajstić information content (AvgIpc) is 3.02. The van der Waals surface area contributed by atoms with E-state index in [4.69, 9.17) is 16.3 Å². The van der Waals surface area contributed by atoms with E-state index in [2.05, 4.69) is 31.3 Å². The highest BCUT2D eigenvalue weighted by molar-refractivity contribution is 6.36. The molecule has 0 amide bonds. The third-order valence-electron chi connectivity index (χ3n) is 6.99. The average molecular weight is 576 g/mol. The predicted octanol–water partition coefficient (Wildman–Crippen LogP) is 5.39. The Morgan fingerprint density at radius 3 is 2.62 bits per heavy atom. The number of hydrogen-bond donors (Lipinski definition) is 2. The third-order valence-corrected chi connectivity index (χ3v) is 7.38. The molecule has 0 aliphatic heterocycles. The second-order valence-electron chi connectivity index (χ2n) is 9.45. The highest BCUT2D eigenvalue weighted by atomic mass is 35.5. The molecule has 6 rings (SSSR count). The molecule has 0 bridgehead atoms. The van der Waals surface area contributed by atoms with E-state index in [9.17, 15) is 14.9 Å². The number of fused-ring (bicyclic) bond motifs is 2. The summed E-state index contributed by atoms with van der Waals surface area (Å²) in [6.45, 7) is 1.84. The van der Waals surface area contributed by atoms with Gasteiger partial charge in [0.2, 0.25) is 5.88 Å². The van der Waals surface area contributed by atoms with Crippen molar-refractivity contribution in [1.29, 1.82) is 5.26 Å². The van der Waals surface area contributed by atoms with Gasteiger partial charge in [0.25, 0.3) is 5.56 Å². The van der Waals surface area contributed by atoms with Crippen LogP contribution in [0, 0.1) is 11.3 Å². The topological polar surface area (TPSA) is 139 Å². The summed E-state index contributed by atoms with van der Waals surface area (Å²) >= 11 is 7.16. The number of nitrogens with one attached hydrogen (secondary N) is 2. The van der Waals surface area contributed by atoms with Crippen LogP contribution in [0.25, 0.3) is 38.6 Å². The van der Waals surface area contributed by atoms with Gasteiger partial charge in [-0.25, -0.2) is 15.0 Å². The zero-order valence-electron chi connectivity index (χ0n) is 22.4. The predicted molar refractivity (Wildman–Crippen MR) is 161 cm³/mol. The van der Waals surface area contributed by atoms with E-state index in [1.807, 2.05) is 37.3 Å². The fourth-order valence-electron chi connectivity index (χ4n) is 5.11. The lowest BCUT2D eigenvalue weighted by atomic mass is 9.98. The van der Waals surface area contributed by atoms with E-state index < -0.39 is 6.04 Å². The van der Waals surface area contributed by atoms with E-state index in [-0.39, 0.29) is 22.4 Å². The number of halogens is 1.